The Morgan fingerprint density at radius 1 is 1.41 bits per heavy atom. The van der Waals surface area contributed by atoms with Crippen LogP contribution in [0, 0.1) is 0 Å². The van der Waals surface area contributed by atoms with Gasteiger partial charge in [-0.15, -0.1) is 0 Å². The van der Waals surface area contributed by atoms with Gasteiger partial charge in [0.25, 0.3) is 5.56 Å². The summed E-state index contributed by atoms with van der Waals surface area (Å²) >= 11 is 0. The average molecular weight is 235 g/mol. The van der Waals surface area contributed by atoms with Crippen molar-refractivity contribution in [3.63, 3.8) is 0 Å². The molecule has 0 amide bonds. The van der Waals surface area contributed by atoms with Crippen LogP contribution < -0.4 is 21.3 Å². The zero-order valence-corrected chi connectivity index (χ0v) is 9.61. The van der Waals surface area contributed by atoms with E-state index in [4.69, 9.17) is 4.74 Å². The van der Waals surface area contributed by atoms with Gasteiger partial charge in [-0.25, -0.2) is 9.36 Å². The summed E-state index contributed by atoms with van der Waals surface area (Å²) in [7, 11) is 3.20. The van der Waals surface area contributed by atoms with E-state index in [0.29, 0.717) is 16.7 Å². The van der Waals surface area contributed by atoms with E-state index in [2.05, 4.69) is 10.3 Å². The van der Waals surface area contributed by atoms with Crippen molar-refractivity contribution in [3.05, 3.63) is 39.0 Å². The van der Waals surface area contributed by atoms with Crippen molar-refractivity contribution < 1.29 is 4.74 Å². The lowest BCUT2D eigenvalue weighted by molar-refractivity contribution is 0.415. The Labute approximate surface area is 96.8 Å². The fraction of sp³-hybridized carbons (Fsp3) is 0.273. The molecule has 6 heteroatoms. The molecule has 2 rings (SSSR count). The lowest BCUT2D eigenvalue weighted by atomic mass is 10.2. The molecule has 1 aromatic heterocycles. The van der Waals surface area contributed by atoms with Gasteiger partial charge in [0.05, 0.1) is 24.7 Å². The molecule has 0 bridgehead atoms. The first-order valence-electron chi connectivity index (χ1n) is 5.13. The summed E-state index contributed by atoms with van der Waals surface area (Å²) in [6.07, 6.45) is 0. The lowest BCUT2D eigenvalue weighted by Crippen LogP contribution is -2.38. The molecule has 17 heavy (non-hydrogen) atoms. The van der Waals surface area contributed by atoms with Gasteiger partial charge in [0.15, 0.2) is 0 Å². The molecule has 6 nitrogen and oxygen atoms in total. The molecule has 0 radical (unpaired) electrons. The van der Waals surface area contributed by atoms with Crippen molar-refractivity contribution in [2.45, 2.75) is 6.67 Å². The molecular weight excluding hydrogens is 222 g/mol. The Morgan fingerprint density at radius 2 is 2.18 bits per heavy atom. The van der Waals surface area contributed by atoms with Gasteiger partial charge in [0.1, 0.15) is 5.75 Å². The van der Waals surface area contributed by atoms with E-state index < -0.39 is 5.69 Å². The van der Waals surface area contributed by atoms with Gasteiger partial charge in [-0.05, 0) is 25.2 Å². The predicted molar refractivity (Wildman–Crippen MR) is 64.4 cm³/mol. The van der Waals surface area contributed by atoms with Crippen LogP contribution in [0.15, 0.2) is 27.8 Å². The molecule has 1 heterocycles. The summed E-state index contributed by atoms with van der Waals surface area (Å²) in [4.78, 5) is 26.3. The van der Waals surface area contributed by atoms with E-state index in [1.54, 1.807) is 25.2 Å². The van der Waals surface area contributed by atoms with Gasteiger partial charge in [0, 0.05) is 0 Å². The minimum Gasteiger partial charge on any atom is -0.497 e. The van der Waals surface area contributed by atoms with Gasteiger partial charge in [-0.1, -0.05) is 0 Å². The topological polar surface area (TPSA) is 76.1 Å². The van der Waals surface area contributed by atoms with E-state index in [9.17, 15) is 9.59 Å². The number of fused-ring (bicyclic) bond motifs is 1. The monoisotopic (exact) mass is 235 g/mol. The van der Waals surface area contributed by atoms with Crippen molar-refractivity contribution in [3.8, 4) is 5.75 Å². The number of hydrogen-bond acceptors (Lipinski definition) is 4. The highest BCUT2D eigenvalue weighted by Crippen LogP contribution is 2.14. The van der Waals surface area contributed by atoms with Crippen LogP contribution >= 0.6 is 0 Å². The third-order valence-electron chi connectivity index (χ3n) is 2.51. The number of rotatable bonds is 3. The van der Waals surface area contributed by atoms with Gasteiger partial charge in [-0.2, -0.15) is 0 Å². The van der Waals surface area contributed by atoms with Crippen molar-refractivity contribution in [2.24, 2.45) is 0 Å². The van der Waals surface area contributed by atoms with Crippen LogP contribution in [0.5, 0.6) is 5.75 Å². The number of ether oxygens (including phenoxy) is 1. The second-order valence-corrected chi connectivity index (χ2v) is 3.59. The third kappa shape index (κ3) is 1.94. The Kier molecular flexibility index (Phi) is 2.97. The van der Waals surface area contributed by atoms with Crippen molar-refractivity contribution in [1.82, 2.24) is 14.9 Å². The first-order valence-corrected chi connectivity index (χ1v) is 5.13. The summed E-state index contributed by atoms with van der Waals surface area (Å²) in [5.74, 6) is 0.581. The van der Waals surface area contributed by atoms with E-state index in [1.807, 2.05) is 0 Å². The molecular formula is C11H13N3O3. The van der Waals surface area contributed by atoms with Gasteiger partial charge in [-0.3, -0.25) is 4.79 Å². The Bertz CT molecular complexity index is 657. The zero-order valence-electron chi connectivity index (χ0n) is 9.61. The van der Waals surface area contributed by atoms with Crippen LogP contribution in [-0.2, 0) is 6.67 Å². The van der Waals surface area contributed by atoms with Crippen molar-refractivity contribution in [1.29, 1.82) is 0 Å². The summed E-state index contributed by atoms with van der Waals surface area (Å²) in [6.45, 7) is 0.168. The molecule has 0 saturated heterocycles. The fourth-order valence-corrected chi connectivity index (χ4v) is 1.66. The maximum atomic E-state index is 12.1. The maximum Gasteiger partial charge on any atom is 0.329 e. The van der Waals surface area contributed by atoms with Crippen molar-refractivity contribution in [2.75, 3.05) is 14.2 Å². The molecule has 0 saturated carbocycles. The smallest absolute Gasteiger partial charge is 0.329 e. The molecule has 0 aliphatic heterocycles. The maximum absolute atomic E-state index is 12.1. The number of aromatic nitrogens is 2. The highest BCUT2D eigenvalue weighted by molar-refractivity contribution is 5.78. The van der Waals surface area contributed by atoms with Gasteiger partial charge < -0.3 is 15.0 Å². The third-order valence-corrected chi connectivity index (χ3v) is 2.51. The highest BCUT2D eigenvalue weighted by atomic mass is 16.5. The molecule has 90 valence electrons. The van der Waals surface area contributed by atoms with Crippen LogP contribution in [0.2, 0.25) is 0 Å². The summed E-state index contributed by atoms with van der Waals surface area (Å²) in [5, 5.41) is 3.20. The Morgan fingerprint density at radius 3 is 2.82 bits per heavy atom. The Balaban J connectivity index is 2.79. The number of aromatic amines is 1. The highest BCUT2D eigenvalue weighted by Gasteiger charge is 2.07. The summed E-state index contributed by atoms with van der Waals surface area (Å²) < 4.78 is 6.15. The van der Waals surface area contributed by atoms with E-state index in [0.717, 1.165) is 4.57 Å². The van der Waals surface area contributed by atoms with E-state index in [-0.39, 0.29) is 12.2 Å². The van der Waals surface area contributed by atoms with Crippen LogP contribution in [0.3, 0.4) is 0 Å². The standard InChI is InChI=1S/C11H13N3O3/c1-12-6-14-10(15)8-5-7(17-2)3-4-9(8)13-11(14)16/h3-5,12H,6H2,1-2H3,(H,13,16). The second-order valence-electron chi connectivity index (χ2n) is 3.59. The van der Waals surface area contributed by atoms with Gasteiger partial charge in [0.2, 0.25) is 0 Å². The first-order chi connectivity index (χ1) is 8.17. The number of methoxy groups -OCH3 is 1. The minimum atomic E-state index is -0.429. The second kappa shape index (κ2) is 4.42. The quantitative estimate of drug-likeness (QED) is 0.777. The van der Waals surface area contributed by atoms with Crippen LogP contribution in [0.25, 0.3) is 10.9 Å². The molecule has 0 unspecified atom stereocenters. The number of H-pyrrole nitrogens is 1. The van der Waals surface area contributed by atoms with E-state index in [1.165, 1.54) is 7.11 Å². The number of nitrogens with one attached hydrogen (secondary N) is 2. The minimum absolute atomic E-state index is 0.168. The molecule has 0 fully saturated rings. The normalized spacial score (nSPS) is 10.7. The largest absolute Gasteiger partial charge is 0.497 e. The summed E-state index contributed by atoms with van der Waals surface area (Å²) in [5.41, 5.74) is -0.257. The van der Waals surface area contributed by atoms with Crippen molar-refractivity contribution >= 4 is 10.9 Å². The number of hydrogen-bond donors (Lipinski definition) is 2. The molecule has 2 aromatic rings. The molecule has 0 aliphatic carbocycles. The molecule has 2 N–H and O–H groups in total. The number of nitrogens with zero attached hydrogens (tertiary/aromatic N) is 1. The fourth-order valence-electron chi connectivity index (χ4n) is 1.66. The molecule has 0 aliphatic rings. The number of benzene rings is 1. The SMILES string of the molecule is CNCn1c(=O)[nH]c2ccc(OC)cc2c1=O. The van der Waals surface area contributed by atoms with Crippen LogP contribution in [0.1, 0.15) is 0 Å². The predicted octanol–water partition coefficient (Wildman–Crippen LogP) is -0.125. The first kappa shape index (κ1) is 11.4. The molecule has 0 atom stereocenters. The van der Waals surface area contributed by atoms with Gasteiger partial charge >= 0.3 is 5.69 Å². The molecule has 0 spiro atoms. The van der Waals surface area contributed by atoms with Crippen LogP contribution in [0.4, 0.5) is 0 Å². The Hall–Kier alpha value is -2.08. The zero-order chi connectivity index (χ0) is 12.4. The van der Waals surface area contributed by atoms with Crippen LogP contribution in [-0.4, -0.2) is 23.7 Å². The average Bonchev–Trinajstić information content (AvgIpc) is 2.34. The molecule has 1 aromatic carbocycles. The lowest BCUT2D eigenvalue weighted by Gasteiger charge is -2.06. The summed E-state index contributed by atoms with van der Waals surface area (Å²) in [6, 6.07) is 4.96. The van der Waals surface area contributed by atoms with E-state index >= 15 is 0 Å².